The molecule has 1 fully saturated rings. The summed E-state index contributed by atoms with van der Waals surface area (Å²) in [4.78, 5) is 31.9. The number of hydrogen-bond donors (Lipinski definition) is 2. The number of likely N-dealkylation sites (tertiary alicyclic amines) is 1. The third-order valence-electron chi connectivity index (χ3n) is 7.03. The summed E-state index contributed by atoms with van der Waals surface area (Å²) in [6, 6.07) is 12.6. The van der Waals surface area contributed by atoms with Gasteiger partial charge in [0.05, 0.1) is 7.11 Å². The van der Waals surface area contributed by atoms with Crippen LogP contribution in [0, 0.1) is 11.7 Å². The molecule has 1 atom stereocenters. The second kappa shape index (κ2) is 12.6. The summed E-state index contributed by atoms with van der Waals surface area (Å²) in [5, 5.41) is 9.91. The summed E-state index contributed by atoms with van der Waals surface area (Å²) in [6.45, 7) is 6.40. The number of nitrogen functional groups attached to an aromatic ring is 1. The molecular weight excluding hydrogens is 531 g/mol. The van der Waals surface area contributed by atoms with E-state index in [2.05, 4.69) is 0 Å². The van der Waals surface area contributed by atoms with Crippen molar-refractivity contribution in [1.29, 1.82) is 0 Å². The van der Waals surface area contributed by atoms with Crippen molar-refractivity contribution in [2.45, 2.75) is 51.6 Å². The van der Waals surface area contributed by atoms with Crippen LogP contribution in [-0.2, 0) is 9.47 Å². The van der Waals surface area contributed by atoms with Gasteiger partial charge in [-0.05, 0) is 94.5 Å². The minimum Gasteiger partial charge on any atom is -0.464 e. The molecule has 1 aliphatic rings. The topological polar surface area (TPSA) is 129 Å². The van der Waals surface area contributed by atoms with Crippen LogP contribution < -0.4 is 10.6 Å². The second-order valence-corrected chi connectivity index (χ2v) is 11.0. The molecule has 1 saturated heterocycles. The van der Waals surface area contributed by atoms with Gasteiger partial charge in [-0.3, -0.25) is 0 Å². The van der Waals surface area contributed by atoms with Gasteiger partial charge >= 0.3 is 12.1 Å². The highest BCUT2D eigenvalue weighted by atomic mass is 19.1. The van der Waals surface area contributed by atoms with Gasteiger partial charge in [0.1, 0.15) is 34.4 Å². The molecule has 0 saturated carbocycles. The molecule has 3 N–H and O–H groups in total. The van der Waals surface area contributed by atoms with Crippen molar-refractivity contribution < 1.29 is 33.3 Å². The minimum atomic E-state index is -0.643. The Morgan fingerprint density at radius 3 is 2.20 bits per heavy atom. The van der Waals surface area contributed by atoms with Gasteiger partial charge in [0, 0.05) is 31.2 Å². The Hall–Kier alpha value is -4.12. The van der Waals surface area contributed by atoms with E-state index < -0.39 is 11.6 Å². The van der Waals surface area contributed by atoms with Gasteiger partial charge in [-0.15, -0.1) is 0 Å². The van der Waals surface area contributed by atoms with Crippen molar-refractivity contribution in [2.24, 2.45) is 5.92 Å². The van der Waals surface area contributed by atoms with E-state index in [1.54, 1.807) is 29.2 Å². The molecule has 4 rings (SSSR count). The van der Waals surface area contributed by atoms with Crippen molar-refractivity contribution in [3.05, 3.63) is 65.9 Å². The van der Waals surface area contributed by atoms with E-state index in [0.29, 0.717) is 60.9 Å². The monoisotopic (exact) mass is 568 g/mol. The number of carbonyl (C=O) groups excluding carboxylic acids is 2. The number of hydrogen-bond acceptors (Lipinski definition) is 8. The van der Waals surface area contributed by atoms with E-state index in [4.69, 9.17) is 25.0 Å². The Kier molecular flexibility index (Phi) is 9.17. The Labute approximate surface area is 238 Å². The number of ether oxygens (including phenoxy) is 3. The van der Waals surface area contributed by atoms with Crippen LogP contribution in [0.4, 0.5) is 9.18 Å². The van der Waals surface area contributed by atoms with Crippen LogP contribution in [0.1, 0.15) is 62.3 Å². The maximum absolute atomic E-state index is 13.2. The molecule has 41 heavy (non-hydrogen) atoms. The van der Waals surface area contributed by atoms with E-state index in [0.717, 1.165) is 0 Å². The molecule has 1 aliphatic heterocycles. The van der Waals surface area contributed by atoms with Crippen LogP contribution >= 0.6 is 0 Å². The molecular formula is C30H37FN4O6. The van der Waals surface area contributed by atoms with Gasteiger partial charge in [0.25, 0.3) is 0 Å². The van der Waals surface area contributed by atoms with Gasteiger partial charge in [0.15, 0.2) is 5.69 Å². The Bertz CT molecular complexity index is 1340. The number of halogens is 1. The molecule has 0 bridgehead atoms. The van der Waals surface area contributed by atoms with Crippen LogP contribution in [0.25, 0.3) is 11.3 Å². The minimum absolute atomic E-state index is 0.0652. The first-order valence-electron chi connectivity index (χ1n) is 13.6. The Balaban J connectivity index is 1.58. The van der Waals surface area contributed by atoms with Crippen molar-refractivity contribution in [1.82, 2.24) is 14.6 Å². The van der Waals surface area contributed by atoms with Gasteiger partial charge in [-0.1, -0.05) is 0 Å². The Morgan fingerprint density at radius 2 is 1.66 bits per heavy atom. The number of nitrogens with two attached hydrogens (primary N) is 1. The third-order valence-corrected chi connectivity index (χ3v) is 7.03. The number of methoxy groups -OCH3 is 1. The first kappa shape index (κ1) is 29.9. The van der Waals surface area contributed by atoms with E-state index in [9.17, 15) is 19.1 Å². The normalized spacial score (nSPS) is 14.9. The second-order valence-electron chi connectivity index (χ2n) is 11.0. The van der Waals surface area contributed by atoms with E-state index in [1.165, 1.54) is 36.1 Å². The summed E-state index contributed by atoms with van der Waals surface area (Å²) in [5.41, 5.74) is 0.467. The lowest BCUT2D eigenvalue weighted by molar-refractivity contribution is 0.0168. The number of aliphatic hydroxyl groups is 1. The molecule has 0 radical (unpaired) electrons. The molecule has 10 nitrogen and oxygen atoms in total. The lowest BCUT2D eigenvalue weighted by Crippen LogP contribution is -2.43. The largest absolute Gasteiger partial charge is 0.464 e. The van der Waals surface area contributed by atoms with Gasteiger partial charge in [-0.25, -0.2) is 23.6 Å². The average Bonchev–Trinajstić information content (AvgIpc) is 3.28. The number of aromatic nitrogens is 2. The first-order chi connectivity index (χ1) is 19.5. The molecule has 11 heteroatoms. The molecule has 220 valence electrons. The van der Waals surface area contributed by atoms with Crippen molar-refractivity contribution in [2.75, 3.05) is 32.6 Å². The van der Waals surface area contributed by atoms with Crippen molar-refractivity contribution in [3.8, 4) is 22.8 Å². The zero-order valence-electron chi connectivity index (χ0n) is 23.8. The highest BCUT2D eigenvalue weighted by Gasteiger charge is 2.35. The summed E-state index contributed by atoms with van der Waals surface area (Å²) in [6.07, 6.45) is 1.36. The highest BCUT2D eigenvalue weighted by Crippen LogP contribution is 2.37. The number of aliphatic hydroxyl groups excluding tert-OH is 1. The molecule has 1 amide bonds. The first-order valence-corrected chi connectivity index (χ1v) is 13.6. The molecule has 2 heterocycles. The van der Waals surface area contributed by atoms with Gasteiger partial charge in [-0.2, -0.15) is 0 Å². The lowest BCUT2D eigenvalue weighted by atomic mass is 9.82. The zero-order valence-corrected chi connectivity index (χ0v) is 23.8. The molecule has 1 aromatic heterocycles. The van der Waals surface area contributed by atoms with Gasteiger partial charge in [0.2, 0.25) is 0 Å². The fraction of sp³-hybridized carbons (Fsp3) is 0.433. The van der Waals surface area contributed by atoms with Gasteiger partial charge < -0.3 is 30.1 Å². The fourth-order valence-electron chi connectivity index (χ4n) is 5.05. The number of imidazole rings is 1. The number of esters is 1. The summed E-state index contributed by atoms with van der Waals surface area (Å²) >= 11 is 0. The van der Waals surface area contributed by atoms with E-state index >= 15 is 0 Å². The predicted molar refractivity (Wildman–Crippen MR) is 151 cm³/mol. The molecule has 2 aromatic carbocycles. The van der Waals surface area contributed by atoms with Crippen LogP contribution in [0.2, 0.25) is 0 Å². The van der Waals surface area contributed by atoms with Crippen LogP contribution in [0.3, 0.4) is 0 Å². The van der Waals surface area contributed by atoms with Crippen molar-refractivity contribution in [3.63, 3.8) is 0 Å². The summed E-state index contributed by atoms with van der Waals surface area (Å²) in [7, 11) is 1.27. The molecule has 3 aromatic rings. The maximum Gasteiger partial charge on any atom is 0.410 e. The summed E-state index contributed by atoms with van der Waals surface area (Å²) in [5.74, 6) is 6.73. The molecule has 0 spiro atoms. The van der Waals surface area contributed by atoms with Crippen LogP contribution in [0.5, 0.6) is 11.5 Å². The third kappa shape index (κ3) is 7.15. The van der Waals surface area contributed by atoms with Crippen molar-refractivity contribution >= 4 is 12.1 Å². The number of rotatable bonds is 8. The number of benzene rings is 2. The van der Waals surface area contributed by atoms with Crippen LogP contribution in [0.15, 0.2) is 48.5 Å². The molecule has 1 unspecified atom stereocenters. The number of amides is 1. The lowest BCUT2D eigenvalue weighted by Gasteiger charge is -2.36. The maximum atomic E-state index is 13.2. The quantitative estimate of drug-likeness (QED) is 0.284. The average molecular weight is 569 g/mol. The predicted octanol–water partition coefficient (Wildman–Crippen LogP) is 5.10. The SMILES string of the molecule is COC(=O)c1c(-c2ccc(Oc3ccc(F)cc3)cc2)nc(C(CCO)C2CCN(C(=O)OC(C)(C)C)CC2)n1N. The summed E-state index contributed by atoms with van der Waals surface area (Å²) < 4.78 is 30.8. The molecule has 0 aliphatic carbocycles. The van der Waals surface area contributed by atoms with Crippen LogP contribution in [-0.4, -0.2) is 64.1 Å². The number of nitrogens with zero attached hydrogens (tertiary/aromatic N) is 3. The number of piperidine rings is 1. The zero-order chi connectivity index (χ0) is 29.7. The standard InChI is InChI=1S/C30H37FN4O6/c1-30(2,3)41-29(38)34-16-13-19(14-17-34)24(15-18-36)27-33-25(26(35(27)32)28(37)39-4)20-5-9-22(10-6-20)40-23-11-7-21(31)8-12-23/h5-12,19,24,36H,13-18,32H2,1-4H3. The highest BCUT2D eigenvalue weighted by molar-refractivity contribution is 5.94. The van der Waals surface area contributed by atoms with E-state index in [-0.39, 0.29) is 36.0 Å². The Morgan fingerprint density at radius 1 is 1.07 bits per heavy atom. The van der Waals surface area contributed by atoms with E-state index in [1.807, 2.05) is 20.8 Å². The number of carbonyl (C=O) groups is 2. The smallest absolute Gasteiger partial charge is 0.410 e. The fourth-order valence-corrected chi connectivity index (χ4v) is 5.05.